The highest BCUT2D eigenvalue weighted by molar-refractivity contribution is 5.90. The molecule has 0 saturated carbocycles. The van der Waals surface area contributed by atoms with Gasteiger partial charge in [0.25, 0.3) is 5.56 Å². The molecule has 1 amide bonds. The highest BCUT2D eigenvalue weighted by Gasteiger charge is 2.30. The van der Waals surface area contributed by atoms with Crippen molar-refractivity contribution < 1.29 is 27.1 Å². The van der Waals surface area contributed by atoms with Gasteiger partial charge in [-0.15, -0.1) is 13.2 Å². The topological polar surface area (TPSA) is 73.2 Å². The third-order valence-electron chi connectivity index (χ3n) is 3.67. The number of benzene rings is 2. The van der Waals surface area contributed by atoms with E-state index in [0.717, 1.165) is 16.8 Å². The fourth-order valence-corrected chi connectivity index (χ4v) is 2.41. The number of nitrogens with zero attached hydrogens (tertiary/aromatic N) is 2. The summed E-state index contributed by atoms with van der Waals surface area (Å²) in [5.74, 6) is -1.46. The van der Waals surface area contributed by atoms with E-state index < -0.39 is 35.9 Å². The number of carbonyl (C=O) groups excluding carboxylic acids is 1. The number of nitrogens with one attached hydrogen (secondary N) is 1. The van der Waals surface area contributed by atoms with E-state index in [-0.39, 0.29) is 5.69 Å². The lowest BCUT2D eigenvalue weighted by molar-refractivity contribution is -0.274. The Bertz CT molecular complexity index is 1060. The van der Waals surface area contributed by atoms with E-state index >= 15 is 0 Å². The number of aromatic nitrogens is 2. The maximum Gasteiger partial charge on any atom is 0.573 e. The Hall–Kier alpha value is -3.69. The van der Waals surface area contributed by atoms with Gasteiger partial charge in [-0.1, -0.05) is 0 Å². The number of ether oxygens (including phenoxy) is 1. The van der Waals surface area contributed by atoms with Gasteiger partial charge >= 0.3 is 6.36 Å². The predicted molar refractivity (Wildman–Crippen MR) is 95.6 cm³/mol. The smallest absolute Gasteiger partial charge is 0.406 e. The van der Waals surface area contributed by atoms with Gasteiger partial charge in [0.2, 0.25) is 5.91 Å². The van der Waals surface area contributed by atoms with Crippen molar-refractivity contribution in [2.75, 3.05) is 5.32 Å². The standard InChI is InChI=1S/C19H13F4N3O3/c20-13-3-1-12(2-4-13)16-9-10-18(28)26(25-16)11-17(27)24-14-5-7-15(8-6-14)29-19(21,22)23/h1-10H,11H2,(H,24,27). The molecule has 0 aliphatic carbocycles. The first-order valence-electron chi connectivity index (χ1n) is 8.19. The minimum Gasteiger partial charge on any atom is -0.406 e. The van der Waals surface area contributed by atoms with E-state index in [9.17, 15) is 27.2 Å². The molecule has 0 aliphatic heterocycles. The van der Waals surface area contributed by atoms with Crippen LogP contribution in [0.1, 0.15) is 0 Å². The summed E-state index contributed by atoms with van der Waals surface area (Å²) >= 11 is 0. The number of alkyl halides is 3. The van der Waals surface area contributed by atoms with Crippen LogP contribution in [-0.4, -0.2) is 22.1 Å². The van der Waals surface area contributed by atoms with Crippen molar-refractivity contribution in [3.63, 3.8) is 0 Å². The van der Waals surface area contributed by atoms with Gasteiger partial charge < -0.3 is 10.1 Å². The van der Waals surface area contributed by atoms with Crippen LogP contribution < -0.4 is 15.6 Å². The Balaban J connectivity index is 1.69. The summed E-state index contributed by atoms with van der Waals surface area (Å²) in [7, 11) is 0. The number of amides is 1. The van der Waals surface area contributed by atoms with E-state index in [1.807, 2.05) is 0 Å². The highest BCUT2D eigenvalue weighted by Crippen LogP contribution is 2.24. The monoisotopic (exact) mass is 407 g/mol. The molecule has 2 aromatic carbocycles. The van der Waals surface area contributed by atoms with Gasteiger partial charge in [-0.2, -0.15) is 5.10 Å². The Morgan fingerprint density at radius 1 is 1.00 bits per heavy atom. The molecule has 0 atom stereocenters. The normalized spacial score (nSPS) is 11.2. The quantitative estimate of drug-likeness (QED) is 0.656. The molecule has 3 aromatic rings. The summed E-state index contributed by atoms with van der Waals surface area (Å²) in [5, 5.41) is 6.53. The van der Waals surface area contributed by atoms with Crippen LogP contribution >= 0.6 is 0 Å². The number of rotatable bonds is 5. The average Bonchev–Trinajstić information content (AvgIpc) is 2.65. The molecular formula is C19H13F4N3O3. The summed E-state index contributed by atoms with van der Waals surface area (Å²) in [6, 6.07) is 12.7. The minimum atomic E-state index is -4.81. The predicted octanol–water partition coefficient (Wildman–Crippen LogP) is 3.59. The molecule has 0 fully saturated rings. The largest absolute Gasteiger partial charge is 0.573 e. The molecule has 150 valence electrons. The molecular weight excluding hydrogens is 394 g/mol. The number of carbonyl (C=O) groups is 1. The lowest BCUT2D eigenvalue weighted by Gasteiger charge is -2.10. The average molecular weight is 407 g/mol. The van der Waals surface area contributed by atoms with Crippen molar-refractivity contribution in [3.8, 4) is 17.0 Å². The Labute approximate surface area is 161 Å². The first kappa shape index (κ1) is 20.1. The van der Waals surface area contributed by atoms with Crippen LogP contribution in [0.5, 0.6) is 5.75 Å². The number of hydrogen-bond acceptors (Lipinski definition) is 4. The molecule has 0 unspecified atom stereocenters. The third-order valence-corrected chi connectivity index (χ3v) is 3.67. The second-order valence-electron chi connectivity index (χ2n) is 5.84. The minimum absolute atomic E-state index is 0.215. The fourth-order valence-electron chi connectivity index (χ4n) is 2.41. The number of halogens is 4. The summed E-state index contributed by atoms with van der Waals surface area (Å²) in [6.45, 7) is -0.422. The van der Waals surface area contributed by atoms with Crippen LogP contribution in [0, 0.1) is 5.82 Å². The maximum atomic E-state index is 13.0. The van der Waals surface area contributed by atoms with Crippen LogP contribution in [0.2, 0.25) is 0 Å². The number of anilines is 1. The SMILES string of the molecule is O=C(Cn1nc(-c2ccc(F)cc2)ccc1=O)Nc1ccc(OC(F)(F)F)cc1. The van der Waals surface area contributed by atoms with Gasteiger partial charge in [-0.05, 0) is 54.6 Å². The number of hydrogen-bond donors (Lipinski definition) is 1. The molecule has 3 rings (SSSR count). The van der Waals surface area contributed by atoms with Gasteiger partial charge in [-0.3, -0.25) is 9.59 Å². The van der Waals surface area contributed by atoms with Crippen LogP contribution in [0.3, 0.4) is 0 Å². The van der Waals surface area contributed by atoms with Gasteiger partial charge in [0.05, 0.1) is 5.69 Å². The van der Waals surface area contributed by atoms with Gasteiger partial charge in [0.1, 0.15) is 18.1 Å². The van der Waals surface area contributed by atoms with Crippen molar-refractivity contribution in [1.29, 1.82) is 0 Å². The summed E-state index contributed by atoms with van der Waals surface area (Å²) in [6.07, 6.45) is -4.81. The molecule has 0 aliphatic rings. The van der Waals surface area contributed by atoms with Crippen LogP contribution in [0.15, 0.2) is 65.5 Å². The molecule has 1 N–H and O–H groups in total. The third kappa shape index (κ3) is 5.64. The Kier molecular flexibility index (Phi) is 5.62. The van der Waals surface area contributed by atoms with E-state index in [2.05, 4.69) is 15.2 Å². The molecule has 0 saturated heterocycles. The fraction of sp³-hybridized carbons (Fsp3) is 0.105. The van der Waals surface area contributed by atoms with Crippen LogP contribution in [0.4, 0.5) is 23.2 Å². The van der Waals surface area contributed by atoms with Gasteiger partial charge in [0.15, 0.2) is 0 Å². The van der Waals surface area contributed by atoms with E-state index in [1.165, 1.54) is 48.5 Å². The van der Waals surface area contributed by atoms with Gasteiger partial charge in [0, 0.05) is 17.3 Å². The molecule has 10 heteroatoms. The first-order valence-corrected chi connectivity index (χ1v) is 8.19. The van der Waals surface area contributed by atoms with E-state index in [4.69, 9.17) is 0 Å². The maximum absolute atomic E-state index is 13.0. The second kappa shape index (κ2) is 8.13. The Morgan fingerprint density at radius 2 is 1.66 bits per heavy atom. The molecule has 6 nitrogen and oxygen atoms in total. The lowest BCUT2D eigenvalue weighted by atomic mass is 10.1. The molecule has 29 heavy (non-hydrogen) atoms. The molecule has 0 spiro atoms. The van der Waals surface area contributed by atoms with Crippen LogP contribution in [0.25, 0.3) is 11.3 Å². The summed E-state index contributed by atoms with van der Waals surface area (Å²) < 4.78 is 54.2. The lowest BCUT2D eigenvalue weighted by Crippen LogP contribution is -2.29. The molecule has 1 heterocycles. The first-order chi connectivity index (χ1) is 13.7. The summed E-state index contributed by atoms with van der Waals surface area (Å²) in [5.41, 5.74) is 0.610. The van der Waals surface area contributed by atoms with Crippen molar-refractivity contribution >= 4 is 11.6 Å². The second-order valence-corrected chi connectivity index (χ2v) is 5.84. The van der Waals surface area contributed by atoms with Crippen LogP contribution in [-0.2, 0) is 11.3 Å². The molecule has 0 radical (unpaired) electrons. The van der Waals surface area contributed by atoms with Crippen molar-refractivity contribution in [2.24, 2.45) is 0 Å². The highest BCUT2D eigenvalue weighted by atomic mass is 19.4. The van der Waals surface area contributed by atoms with E-state index in [1.54, 1.807) is 0 Å². The summed E-state index contributed by atoms with van der Waals surface area (Å²) in [4.78, 5) is 24.1. The molecule has 0 bridgehead atoms. The van der Waals surface area contributed by atoms with E-state index in [0.29, 0.717) is 11.3 Å². The van der Waals surface area contributed by atoms with Crippen molar-refractivity contribution in [3.05, 3.63) is 76.8 Å². The molecule has 1 aromatic heterocycles. The zero-order valence-corrected chi connectivity index (χ0v) is 14.6. The van der Waals surface area contributed by atoms with Gasteiger partial charge in [-0.25, -0.2) is 9.07 Å². The zero-order valence-electron chi connectivity index (χ0n) is 14.6. The Morgan fingerprint density at radius 3 is 2.28 bits per heavy atom. The van der Waals surface area contributed by atoms with Crippen molar-refractivity contribution in [2.45, 2.75) is 12.9 Å². The van der Waals surface area contributed by atoms with Crippen molar-refractivity contribution in [1.82, 2.24) is 9.78 Å². The zero-order chi connectivity index (χ0) is 21.0.